The fourth-order valence-corrected chi connectivity index (χ4v) is 7.59. The molecule has 6 nitrogen and oxygen atoms in total. The second-order valence-electron chi connectivity index (χ2n) is 11.8. The number of amides is 1. The van der Waals surface area contributed by atoms with Gasteiger partial charge in [-0.15, -0.1) is 11.3 Å². The van der Waals surface area contributed by atoms with Crippen molar-refractivity contribution in [2.45, 2.75) is 103 Å². The molecule has 3 aliphatic rings. The zero-order valence-corrected chi connectivity index (χ0v) is 23.1. The summed E-state index contributed by atoms with van der Waals surface area (Å²) in [5.74, 6) is 0.173. The van der Waals surface area contributed by atoms with Crippen molar-refractivity contribution >= 4 is 17.2 Å². The molecule has 0 aromatic carbocycles. The maximum absolute atomic E-state index is 14.0. The lowest BCUT2D eigenvalue weighted by molar-refractivity contribution is -0.146. The topological polar surface area (TPSA) is 78.4 Å². The Labute approximate surface area is 226 Å². The standard InChI is InChI=1S/C28H37F3N4O2S/c1-17(2)26(25(36)35-11-7-23-19(16-35)12-20(14-33-23)28(29,30)31)8-4-22(13-26)34-21-5-9-27(37,10-6-21)24-15-32-18(3)38-24/h12,14-15,17,21-22,34,37H,4-11,13,16H2,1-3H3/t21?,22-,26?,27?/m1/s1. The third-order valence-electron chi connectivity index (χ3n) is 9.10. The summed E-state index contributed by atoms with van der Waals surface area (Å²) in [7, 11) is 0. The third kappa shape index (κ3) is 5.23. The summed E-state index contributed by atoms with van der Waals surface area (Å²) >= 11 is 1.56. The van der Waals surface area contributed by atoms with E-state index in [4.69, 9.17) is 0 Å². The Morgan fingerprint density at radius 1 is 1.16 bits per heavy atom. The van der Waals surface area contributed by atoms with E-state index in [0.717, 1.165) is 54.3 Å². The van der Waals surface area contributed by atoms with Crippen LogP contribution in [0.4, 0.5) is 13.2 Å². The van der Waals surface area contributed by atoms with Crippen molar-refractivity contribution in [1.82, 2.24) is 20.2 Å². The minimum absolute atomic E-state index is 0.0541. The van der Waals surface area contributed by atoms with Crippen LogP contribution < -0.4 is 5.32 Å². The van der Waals surface area contributed by atoms with Crippen LogP contribution in [0.1, 0.15) is 85.5 Å². The first kappa shape index (κ1) is 27.5. The fourth-order valence-electron chi connectivity index (χ4n) is 6.67. The number of carbonyl (C=O) groups excluding carboxylic acids is 1. The Balaban J connectivity index is 1.23. The first-order valence-corrected chi connectivity index (χ1v) is 14.5. The highest BCUT2D eigenvalue weighted by Gasteiger charge is 2.50. The van der Waals surface area contributed by atoms with E-state index >= 15 is 0 Å². The second-order valence-corrected chi connectivity index (χ2v) is 13.0. The van der Waals surface area contributed by atoms with Crippen LogP contribution in [0.3, 0.4) is 0 Å². The summed E-state index contributed by atoms with van der Waals surface area (Å²) in [6.45, 7) is 6.77. The number of nitrogens with one attached hydrogen (secondary N) is 1. The molecule has 0 saturated heterocycles. The van der Waals surface area contributed by atoms with Crippen LogP contribution in [0.15, 0.2) is 18.5 Å². The van der Waals surface area contributed by atoms with E-state index < -0.39 is 22.8 Å². The molecule has 0 radical (unpaired) electrons. The molecule has 2 saturated carbocycles. The van der Waals surface area contributed by atoms with E-state index in [1.165, 1.54) is 0 Å². The van der Waals surface area contributed by atoms with Crippen LogP contribution in [0.5, 0.6) is 0 Å². The van der Waals surface area contributed by atoms with Gasteiger partial charge in [0.1, 0.15) is 5.60 Å². The van der Waals surface area contributed by atoms with Gasteiger partial charge in [0, 0.05) is 49.7 Å². The van der Waals surface area contributed by atoms with Crippen molar-refractivity contribution < 1.29 is 23.1 Å². The summed E-state index contributed by atoms with van der Waals surface area (Å²) in [5.41, 5.74) is -0.948. The zero-order chi connectivity index (χ0) is 27.3. The van der Waals surface area contributed by atoms with Gasteiger partial charge >= 0.3 is 6.18 Å². The molecule has 208 valence electrons. The summed E-state index contributed by atoms with van der Waals surface area (Å²) in [4.78, 5) is 25.0. The van der Waals surface area contributed by atoms with Crippen molar-refractivity contribution in [2.24, 2.45) is 11.3 Å². The van der Waals surface area contributed by atoms with Gasteiger partial charge in [0.15, 0.2) is 0 Å². The highest BCUT2D eigenvalue weighted by molar-refractivity contribution is 7.11. The number of thiazole rings is 1. The zero-order valence-electron chi connectivity index (χ0n) is 22.3. The molecule has 2 aliphatic carbocycles. The van der Waals surface area contributed by atoms with Crippen LogP contribution in [0, 0.1) is 18.3 Å². The van der Waals surface area contributed by atoms with E-state index in [-0.39, 0.29) is 24.4 Å². The number of halogens is 3. The molecule has 2 aromatic heterocycles. The van der Waals surface area contributed by atoms with Crippen molar-refractivity contribution in [2.75, 3.05) is 6.54 Å². The lowest BCUT2D eigenvalue weighted by atomic mass is 9.73. The largest absolute Gasteiger partial charge is 0.417 e. The molecule has 0 bridgehead atoms. The van der Waals surface area contributed by atoms with Crippen molar-refractivity contribution in [1.29, 1.82) is 0 Å². The van der Waals surface area contributed by atoms with Gasteiger partial charge in [-0.2, -0.15) is 13.2 Å². The quantitative estimate of drug-likeness (QED) is 0.524. The van der Waals surface area contributed by atoms with Crippen molar-refractivity contribution in [3.8, 4) is 0 Å². The summed E-state index contributed by atoms with van der Waals surface area (Å²) in [5, 5.41) is 15.9. The van der Waals surface area contributed by atoms with E-state index in [2.05, 4.69) is 29.1 Å². The lowest BCUT2D eigenvalue weighted by Crippen LogP contribution is -2.49. The summed E-state index contributed by atoms with van der Waals surface area (Å²) in [6, 6.07) is 1.65. The van der Waals surface area contributed by atoms with E-state index in [1.54, 1.807) is 22.4 Å². The molecule has 1 aliphatic heterocycles. The number of aliphatic hydroxyl groups is 1. The molecular weight excluding hydrogens is 513 g/mol. The monoisotopic (exact) mass is 550 g/mol. The molecule has 2 aromatic rings. The number of rotatable bonds is 5. The highest BCUT2D eigenvalue weighted by atomic mass is 32.1. The third-order valence-corrected chi connectivity index (χ3v) is 10.2. The lowest BCUT2D eigenvalue weighted by Gasteiger charge is -2.40. The Kier molecular flexibility index (Phi) is 7.37. The fraction of sp³-hybridized carbons (Fsp3) is 0.679. The maximum Gasteiger partial charge on any atom is 0.417 e. The Morgan fingerprint density at radius 2 is 1.87 bits per heavy atom. The molecule has 2 fully saturated rings. The molecule has 5 rings (SSSR count). The minimum Gasteiger partial charge on any atom is -0.384 e. The molecular formula is C28H37F3N4O2S. The smallest absolute Gasteiger partial charge is 0.384 e. The Bertz CT molecular complexity index is 1180. The number of nitrogens with zero attached hydrogens (tertiary/aromatic N) is 3. The van der Waals surface area contributed by atoms with Gasteiger partial charge in [-0.25, -0.2) is 4.98 Å². The predicted molar refractivity (Wildman–Crippen MR) is 139 cm³/mol. The van der Waals surface area contributed by atoms with Gasteiger partial charge in [-0.3, -0.25) is 9.78 Å². The first-order chi connectivity index (χ1) is 17.9. The number of fused-ring (bicyclic) bond motifs is 1. The van der Waals surface area contributed by atoms with E-state index in [0.29, 0.717) is 43.1 Å². The average molecular weight is 551 g/mol. The van der Waals surface area contributed by atoms with Crippen LogP contribution in [0.2, 0.25) is 0 Å². The second kappa shape index (κ2) is 10.2. The number of carbonyl (C=O) groups is 1. The number of hydrogen-bond acceptors (Lipinski definition) is 6. The Morgan fingerprint density at radius 3 is 2.50 bits per heavy atom. The van der Waals surface area contributed by atoms with Gasteiger partial charge in [-0.05, 0) is 69.4 Å². The SMILES string of the molecule is Cc1ncc(C2(O)CCC(N[C@@H]3CCC(C(=O)N4CCc5ncc(C(F)(F)F)cc5C4)(C(C)C)C3)CC2)s1. The van der Waals surface area contributed by atoms with Crippen LogP contribution in [-0.2, 0) is 29.5 Å². The van der Waals surface area contributed by atoms with Gasteiger partial charge in [0.2, 0.25) is 5.91 Å². The number of hydrogen-bond donors (Lipinski definition) is 2. The molecule has 2 N–H and O–H groups in total. The molecule has 10 heteroatoms. The Hall–Kier alpha value is -2.04. The van der Waals surface area contributed by atoms with Crippen LogP contribution in [-0.4, -0.2) is 44.5 Å². The molecule has 0 spiro atoms. The molecule has 1 amide bonds. The molecule has 3 heterocycles. The van der Waals surface area contributed by atoms with E-state index in [1.807, 2.05) is 6.92 Å². The normalized spacial score (nSPS) is 30.1. The van der Waals surface area contributed by atoms with Gasteiger partial charge in [-0.1, -0.05) is 13.8 Å². The molecule has 1 unspecified atom stereocenters. The van der Waals surface area contributed by atoms with Gasteiger partial charge < -0.3 is 15.3 Å². The average Bonchev–Trinajstić information content (AvgIpc) is 3.51. The first-order valence-electron chi connectivity index (χ1n) is 13.7. The van der Waals surface area contributed by atoms with Crippen molar-refractivity contribution in [3.63, 3.8) is 0 Å². The van der Waals surface area contributed by atoms with Crippen LogP contribution >= 0.6 is 11.3 Å². The van der Waals surface area contributed by atoms with Crippen molar-refractivity contribution in [3.05, 3.63) is 45.2 Å². The predicted octanol–water partition coefficient (Wildman–Crippen LogP) is 5.36. The maximum atomic E-state index is 14.0. The van der Waals surface area contributed by atoms with Gasteiger partial charge in [0.05, 0.1) is 20.9 Å². The summed E-state index contributed by atoms with van der Waals surface area (Å²) < 4.78 is 39.7. The molecule has 38 heavy (non-hydrogen) atoms. The van der Waals surface area contributed by atoms with Crippen LogP contribution in [0.25, 0.3) is 0 Å². The number of alkyl halides is 3. The van der Waals surface area contributed by atoms with E-state index in [9.17, 15) is 23.1 Å². The number of aryl methyl sites for hydroxylation is 1. The minimum atomic E-state index is -4.45. The molecule has 2 atom stereocenters. The highest BCUT2D eigenvalue weighted by Crippen LogP contribution is 2.47. The summed E-state index contributed by atoms with van der Waals surface area (Å²) in [6.07, 6.45) is 4.20. The number of pyridine rings is 1. The number of aromatic nitrogens is 2. The van der Waals surface area contributed by atoms with Gasteiger partial charge in [0.25, 0.3) is 0 Å².